The second-order valence-corrected chi connectivity index (χ2v) is 4.97. The van der Waals surface area contributed by atoms with Gasteiger partial charge in [0.15, 0.2) is 5.82 Å². The van der Waals surface area contributed by atoms with Gasteiger partial charge in [0.1, 0.15) is 5.92 Å². The highest BCUT2D eigenvalue weighted by molar-refractivity contribution is 5.95. The zero-order valence-electron chi connectivity index (χ0n) is 11.7. The zero-order chi connectivity index (χ0) is 15.8. The Labute approximate surface area is 120 Å². The van der Waals surface area contributed by atoms with Gasteiger partial charge in [0.25, 0.3) is 5.92 Å². The van der Waals surface area contributed by atoms with Crippen molar-refractivity contribution in [1.82, 2.24) is 15.1 Å². The van der Waals surface area contributed by atoms with Gasteiger partial charge >= 0.3 is 0 Å². The summed E-state index contributed by atoms with van der Waals surface area (Å²) in [5.41, 5.74) is 1.29. The van der Waals surface area contributed by atoms with Gasteiger partial charge in [0, 0.05) is 31.3 Å². The molecule has 1 aliphatic rings. The molecule has 1 saturated carbocycles. The summed E-state index contributed by atoms with van der Waals surface area (Å²) in [4.78, 5) is 22.9. The summed E-state index contributed by atoms with van der Waals surface area (Å²) < 4.78 is 27.3. The minimum Gasteiger partial charge on any atom is -0.348 e. The number of alkyl halides is 2. The summed E-state index contributed by atoms with van der Waals surface area (Å²) in [5.74, 6) is -5.16. The molecule has 2 N–H and O–H groups in total. The van der Waals surface area contributed by atoms with Gasteiger partial charge in [-0.25, -0.2) is 8.78 Å². The SMILES string of the molecule is C=CC(=O)NCc1c(NC(=O)[C@@H]2CC2(F)F)nn(C)c1C. The summed E-state index contributed by atoms with van der Waals surface area (Å²) in [6.07, 6.45) is 0.682. The van der Waals surface area contributed by atoms with Crippen LogP contribution in [-0.2, 0) is 23.2 Å². The van der Waals surface area contributed by atoms with Crippen LogP contribution >= 0.6 is 0 Å². The maximum Gasteiger partial charge on any atom is 0.260 e. The summed E-state index contributed by atoms with van der Waals surface area (Å²) in [6, 6.07) is 0. The lowest BCUT2D eigenvalue weighted by Gasteiger charge is -2.06. The summed E-state index contributed by atoms with van der Waals surface area (Å²) >= 11 is 0. The van der Waals surface area contributed by atoms with Crippen molar-refractivity contribution in [3.8, 4) is 0 Å². The van der Waals surface area contributed by atoms with E-state index in [4.69, 9.17) is 0 Å². The lowest BCUT2D eigenvalue weighted by molar-refractivity contribution is -0.119. The number of anilines is 1. The van der Waals surface area contributed by atoms with Crippen molar-refractivity contribution in [2.75, 3.05) is 5.32 Å². The molecule has 114 valence electrons. The van der Waals surface area contributed by atoms with E-state index in [2.05, 4.69) is 22.3 Å². The number of amides is 2. The molecule has 8 heteroatoms. The van der Waals surface area contributed by atoms with Gasteiger partial charge in [-0.15, -0.1) is 0 Å². The number of halogens is 2. The monoisotopic (exact) mass is 298 g/mol. The fourth-order valence-corrected chi connectivity index (χ4v) is 1.91. The molecule has 1 heterocycles. The number of aromatic nitrogens is 2. The molecular weight excluding hydrogens is 282 g/mol. The van der Waals surface area contributed by atoms with Crippen LogP contribution in [0.1, 0.15) is 17.7 Å². The number of hydrogen-bond acceptors (Lipinski definition) is 3. The first kappa shape index (κ1) is 15.1. The summed E-state index contributed by atoms with van der Waals surface area (Å²) in [5, 5.41) is 9.05. The second-order valence-electron chi connectivity index (χ2n) is 4.97. The molecule has 0 aliphatic heterocycles. The average Bonchev–Trinajstić information content (AvgIpc) is 2.98. The van der Waals surface area contributed by atoms with E-state index in [0.717, 1.165) is 11.8 Å². The fourth-order valence-electron chi connectivity index (χ4n) is 1.91. The maximum atomic E-state index is 12.9. The number of carbonyl (C=O) groups is 2. The van der Waals surface area contributed by atoms with Gasteiger partial charge in [-0.05, 0) is 13.0 Å². The van der Waals surface area contributed by atoms with Crippen LogP contribution in [0.15, 0.2) is 12.7 Å². The number of aryl methyl sites for hydroxylation is 1. The van der Waals surface area contributed by atoms with E-state index in [1.807, 2.05) is 0 Å². The molecule has 1 aromatic heterocycles. The Morgan fingerprint density at radius 1 is 1.57 bits per heavy atom. The quantitative estimate of drug-likeness (QED) is 0.800. The van der Waals surface area contributed by atoms with Gasteiger partial charge in [-0.1, -0.05) is 6.58 Å². The second kappa shape index (κ2) is 5.27. The normalized spacial score (nSPS) is 19.0. The molecule has 1 atom stereocenters. The van der Waals surface area contributed by atoms with Crippen LogP contribution in [0, 0.1) is 12.8 Å². The molecule has 1 aromatic rings. The third-order valence-electron chi connectivity index (χ3n) is 3.47. The van der Waals surface area contributed by atoms with Crippen molar-refractivity contribution in [2.24, 2.45) is 13.0 Å². The molecule has 6 nitrogen and oxygen atoms in total. The summed E-state index contributed by atoms with van der Waals surface area (Å²) in [6.45, 7) is 5.21. The van der Waals surface area contributed by atoms with E-state index >= 15 is 0 Å². The van der Waals surface area contributed by atoms with Crippen molar-refractivity contribution >= 4 is 17.6 Å². The molecule has 0 saturated heterocycles. The maximum absolute atomic E-state index is 12.9. The van der Waals surface area contributed by atoms with Gasteiger partial charge < -0.3 is 10.6 Å². The van der Waals surface area contributed by atoms with Gasteiger partial charge in [-0.2, -0.15) is 5.10 Å². The minimum atomic E-state index is -2.93. The van der Waals surface area contributed by atoms with Crippen LogP contribution in [-0.4, -0.2) is 27.5 Å². The minimum absolute atomic E-state index is 0.126. The van der Waals surface area contributed by atoms with Crippen molar-refractivity contribution in [2.45, 2.75) is 25.8 Å². The molecule has 0 radical (unpaired) electrons. The van der Waals surface area contributed by atoms with Crippen LogP contribution < -0.4 is 10.6 Å². The largest absolute Gasteiger partial charge is 0.348 e. The molecule has 0 bridgehead atoms. The average molecular weight is 298 g/mol. The predicted octanol–water partition coefficient (Wildman–Crippen LogP) is 1.12. The number of hydrogen-bond donors (Lipinski definition) is 2. The van der Waals surface area contributed by atoms with Crippen LogP contribution in [0.5, 0.6) is 0 Å². The molecule has 0 unspecified atom stereocenters. The number of carbonyl (C=O) groups excluding carboxylic acids is 2. The fraction of sp³-hybridized carbons (Fsp3) is 0.462. The third kappa shape index (κ3) is 3.09. The molecule has 21 heavy (non-hydrogen) atoms. The lowest BCUT2D eigenvalue weighted by Crippen LogP contribution is -2.23. The van der Waals surface area contributed by atoms with Gasteiger partial charge in [-0.3, -0.25) is 14.3 Å². The highest BCUT2D eigenvalue weighted by Crippen LogP contribution is 2.49. The standard InChI is InChI=1S/C13H16F2N4O2/c1-4-10(20)16-6-8-7(2)19(3)18-11(8)17-12(21)9-5-13(9,14)15/h4,9H,1,5-6H2,2-3H3,(H,16,20)(H,17,18,21)/t9-/m0/s1. The van der Waals surface area contributed by atoms with Gasteiger partial charge in [0.05, 0.1) is 0 Å². The Kier molecular flexibility index (Phi) is 3.80. The first-order chi connectivity index (χ1) is 9.76. The van der Waals surface area contributed by atoms with Crippen molar-refractivity contribution < 1.29 is 18.4 Å². The van der Waals surface area contributed by atoms with E-state index in [-0.39, 0.29) is 18.3 Å². The summed E-state index contributed by atoms with van der Waals surface area (Å²) in [7, 11) is 1.66. The van der Waals surface area contributed by atoms with Crippen molar-refractivity contribution in [3.05, 3.63) is 23.9 Å². The molecule has 1 fully saturated rings. The van der Waals surface area contributed by atoms with Crippen LogP contribution in [0.3, 0.4) is 0 Å². The van der Waals surface area contributed by atoms with E-state index < -0.39 is 24.2 Å². The molecule has 0 aromatic carbocycles. The van der Waals surface area contributed by atoms with Crippen LogP contribution in [0.2, 0.25) is 0 Å². The predicted molar refractivity (Wildman–Crippen MR) is 71.7 cm³/mol. The van der Waals surface area contributed by atoms with E-state index in [1.165, 1.54) is 4.68 Å². The molecule has 0 spiro atoms. The first-order valence-electron chi connectivity index (χ1n) is 6.37. The van der Waals surface area contributed by atoms with Crippen molar-refractivity contribution in [3.63, 3.8) is 0 Å². The Morgan fingerprint density at radius 2 is 2.19 bits per heavy atom. The number of rotatable bonds is 5. The molecule has 1 aliphatic carbocycles. The number of nitrogens with zero attached hydrogens (tertiary/aromatic N) is 2. The molecule has 2 amide bonds. The Hall–Kier alpha value is -2.25. The topological polar surface area (TPSA) is 76.0 Å². The van der Waals surface area contributed by atoms with Crippen LogP contribution in [0.4, 0.5) is 14.6 Å². The molecular formula is C13H16F2N4O2. The lowest BCUT2D eigenvalue weighted by atomic mass is 10.2. The Morgan fingerprint density at radius 3 is 2.71 bits per heavy atom. The Bertz CT molecular complexity index is 610. The zero-order valence-corrected chi connectivity index (χ0v) is 11.7. The van der Waals surface area contributed by atoms with Crippen LogP contribution in [0.25, 0.3) is 0 Å². The van der Waals surface area contributed by atoms with E-state index in [0.29, 0.717) is 5.56 Å². The third-order valence-corrected chi connectivity index (χ3v) is 3.47. The first-order valence-corrected chi connectivity index (χ1v) is 6.37. The molecule has 2 rings (SSSR count). The van der Waals surface area contributed by atoms with E-state index in [1.54, 1.807) is 14.0 Å². The van der Waals surface area contributed by atoms with Gasteiger partial charge in [0.2, 0.25) is 11.8 Å². The van der Waals surface area contributed by atoms with E-state index in [9.17, 15) is 18.4 Å². The highest BCUT2D eigenvalue weighted by atomic mass is 19.3. The Balaban J connectivity index is 2.12. The van der Waals surface area contributed by atoms with Crippen molar-refractivity contribution in [1.29, 1.82) is 0 Å². The highest BCUT2D eigenvalue weighted by Gasteiger charge is 2.61. The smallest absolute Gasteiger partial charge is 0.260 e. The number of nitrogens with one attached hydrogen (secondary N) is 2.